The van der Waals surface area contributed by atoms with E-state index in [1.54, 1.807) is 19.1 Å². The van der Waals surface area contributed by atoms with E-state index in [1.807, 2.05) is 17.6 Å². The first-order valence-corrected chi connectivity index (χ1v) is 7.06. The first kappa shape index (κ1) is 16.3. The molecule has 2 amide bonds. The number of thioether (sulfide) groups is 1. The number of hydrogen-bond donors (Lipinski definition) is 2. The minimum absolute atomic E-state index is 0.0746. The van der Waals surface area contributed by atoms with Gasteiger partial charge in [-0.3, -0.25) is 0 Å². The van der Waals surface area contributed by atoms with Crippen LogP contribution < -0.4 is 11.2 Å². The number of halogens is 1. The Bertz CT molecular complexity index is 505. The molecule has 0 aliphatic rings. The van der Waals surface area contributed by atoms with Crippen LogP contribution >= 0.6 is 23.4 Å². The number of ether oxygens (including phenoxy) is 1. The van der Waals surface area contributed by atoms with E-state index in [2.05, 4.69) is 5.10 Å². The number of nitrogens with two attached hydrogens (primary N) is 1. The van der Waals surface area contributed by atoms with Gasteiger partial charge in [-0.25, -0.2) is 15.0 Å². The van der Waals surface area contributed by atoms with Gasteiger partial charge in [-0.1, -0.05) is 11.6 Å². The smallest absolute Gasteiger partial charge is 0.355 e. The number of hydrogen-bond acceptors (Lipinski definition) is 5. The molecule has 20 heavy (non-hydrogen) atoms. The van der Waals surface area contributed by atoms with Crippen molar-refractivity contribution in [2.45, 2.75) is 11.8 Å². The molecule has 6 nitrogen and oxygen atoms in total. The highest BCUT2D eigenvalue weighted by Crippen LogP contribution is 2.20. The highest BCUT2D eigenvalue weighted by molar-refractivity contribution is 8.00. The molecule has 0 bridgehead atoms. The number of esters is 1. The molecule has 1 aromatic rings. The van der Waals surface area contributed by atoms with Crippen molar-refractivity contribution >= 4 is 41.1 Å². The van der Waals surface area contributed by atoms with Gasteiger partial charge < -0.3 is 10.5 Å². The average Bonchev–Trinajstić information content (AvgIpc) is 2.40. The van der Waals surface area contributed by atoms with Crippen molar-refractivity contribution in [2.75, 3.05) is 12.4 Å². The summed E-state index contributed by atoms with van der Waals surface area (Å²) in [5.74, 6) is -0.358. The number of amides is 2. The molecule has 1 aromatic carbocycles. The van der Waals surface area contributed by atoms with E-state index < -0.39 is 12.0 Å². The van der Waals surface area contributed by atoms with Crippen LogP contribution in [-0.2, 0) is 9.53 Å². The summed E-state index contributed by atoms with van der Waals surface area (Å²) in [6.45, 7) is 1.91. The molecular weight excluding hydrogens is 302 g/mol. The summed E-state index contributed by atoms with van der Waals surface area (Å²) in [5, 5.41) is 4.27. The second-order valence-corrected chi connectivity index (χ2v) is 4.98. The van der Waals surface area contributed by atoms with Gasteiger partial charge in [0.25, 0.3) is 0 Å². The number of hydrazone groups is 1. The van der Waals surface area contributed by atoms with Crippen molar-refractivity contribution in [3.63, 3.8) is 0 Å². The molecule has 0 aliphatic carbocycles. The Labute approximate surface area is 125 Å². The van der Waals surface area contributed by atoms with Crippen molar-refractivity contribution in [1.29, 1.82) is 0 Å². The number of urea groups is 1. The van der Waals surface area contributed by atoms with Crippen LogP contribution in [0.3, 0.4) is 0 Å². The maximum atomic E-state index is 11.7. The van der Waals surface area contributed by atoms with Crippen LogP contribution in [0.5, 0.6) is 0 Å². The summed E-state index contributed by atoms with van der Waals surface area (Å²) in [6, 6.07) is 6.27. The average molecular weight is 316 g/mol. The fourth-order valence-electron chi connectivity index (χ4n) is 1.16. The molecule has 8 heteroatoms. The molecule has 0 aromatic heterocycles. The third kappa shape index (κ3) is 5.94. The predicted molar refractivity (Wildman–Crippen MR) is 79.0 cm³/mol. The number of nitrogens with zero attached hydrogens (tertiary/aromatic N) is 1. The molecule has 0 atom stereocenters. The lowest BCUT2D eigenvalue weighted by molar-refractivity contribution is -0.135. The van der Waals surface area contributed by atoms with Crippen LogP contribution in [0.25, 0.3) is 0 Å². The van der Waals surface area contributed by atoms with E-state index in [4.69, 9.17) is 22.1 Å². The number of rotatable bonds is 6. The summed E-state index contributed by atoms with van der Waals surface area (Å²) >= 11 is 7.14. The van der Waals surface area contributed by atoms with Gasteiger partial charge in [-0.15, -0.1) is 11.8 Å². The molecule has 0 radical (unpaired) electrons. The van der Waals surface area contributed by atoms with E-state index in [0.717, 1.165) is 4.90 Å². The summed E-state index contributed by atoms with van der Waals surface area (Å²) in [6.07, 6.45) is 0. The van der Waals surface area contributed by atoms with Gasteiger partial charge in [0, 0.05) is 15.7 Å². The van der Waals surface area contributed by atoms with Crippen molar-refractivity contribution in [1.82, 2.24) is 5.43 Å². The SMILES string of the molecule is CCOC(=O)/C(CSc1ccc(Cl)cc1)=N/NC(N)=O. The molecule has 0 spiro atoms. The number of carbonyl (C=O) groups excluding carboxylic acids is 2. The normalized spacial score (nSPS) is 11.0. The quantitative estimate of drug-likeness (QED) is 0.363. The van der Waals surface area contributed by atoms with E-state index in [1.165, 1.54) is 11.8 Å². The Morgan fingerprint density at radius 3 is 2.60 bits per heavy atom. The minimum Gasteiger partial charge on any atom is -0.461 e. The van der Waals surface area contributed by atoms with Crippen molar-refractivity contribution < 1.29 is 14.3 Å². The lowest BCUT2D eigenvalue weighted by atomic mass is 10.4. The summed E-state index contributed by atoms with van der Waals surface area (Å²) in [7, 11) is 0. The Kier molecular flexibility index (Phi) is 6.89. The number of nitrogens with one attached hydrogen (secondary N) is 1. The molecule has 0 heterocycles. The zero-order valence-electron chi connectivity index (χ0n) is 10.8. The molecule has 0 aliphatic heterocycles. The number of benzene rings is 1. The van der Waals surface area contributed by atoms with Crippen LogP contribution in [0, 0.1) is 0 Å². The van der Waals surface area contributed by atoms with Crippen LogP contribution in [0.1, 0.15) is 6.92 Å². The van der Waals surface area contributed by atoms with Crippen molar-refractivity contribution in [3.05, 3.63) is 29.3 Å². The maximum Gasteiger partial charge on any atom is 0.355 e. The van der Waals surface area contributed by atoms with E-state index >= 15 is 0 Å². The lowest BCUT2D eigenvalue weighted by Crippen LogP contribution is -2.29. The standard InChI is InChI=1S/C12H14ClN3O3S/c1-2-19-11(17)10(15-16-12(14)18)7-20-9-5-3-8(13)4-6-9/h3-6H,2,7H2,1H3,(H3,14,16,18)/b15-10+. The maximum absolute atomic E-state index is 11.7. The van der Waals surface area contributed by atoms with Gasteiger partial charge >= 0.3 is 12.0 Å². The highest BCUT2D eigenvalue weighted by Gasteiger charge is 2.14. The Morgan fingerprint density at radius 2 is 2.05 bits per heavy atom. The third-order valence-electron chi connectivity index (χ3n) is 2.00. The fourth-order valence-corrected chi connectivity index (χ4v) is 2.10. The molecular formula is C12H14ClN3O3S. The largest absolute Gasteiger partial charge is 0.461 e. The Hall–Kier alpha value is -1.73. The van der Waals surface area contributed by atoms with Gasteiger partial charge in [-0.2, -0.15) is 5.10 Å². The molecule has 0 saturated carbocycles. The van der Waals surface area contributed by atoms with Gasteiger partial charge in [0.1, 0.15) is 0 Å². The van der Waals surface area contributed by atoms with Gasteiger partial charge in [0.05, 0.1) is 6.61 Å². The molecule has 0 unspecified atom stereocenters. The van der Waals surface area contributed by atoms with Crippen LogP contribution in [0.2, 0.25) is 5.02 Å². The molecule has 0 fully saturated rings. The molecule has 0 saturated heterocycles. The lowest BCUT2D eigenvalue weighted by Gasteiger charge is -2.06. The number of carbonyl (C=O) groups is 2. The van der Waals surface area contributed by atoms with Crippen LogP contribution in [0.4, 0.5) is 4.79 Å². The van der Waals surface area contributed by atoms with E-state index in [0.29, 0.717) is 5.02 Å². The third-order valence-corrected chi connectivity index (χ3v) is 3.28. The summed E-state index contributed by atoms with van der Waals surface area (Å²) in [4.78, 5) is 23.2. The first-order chi connectivity index (χ1) is 9.52. The second-order valence-electron chi connectivity index (χ2n) is 3.50. The van der Waals surface area contributed by atoms with Gasteiger partial charge in [0.15, 0.2) is 5.71 Å². The minimum atomic E-state index is -0.844. The Morgan fingerprint density at radius 1 is 1.40 bits per heavy atom. The second kappa shape index (κ2) is 8.44. The van der Waals surface area contributed by atoms with Gasteiger partial charge in [-0.05, 0) is 31.2 Å². The monoisotopic (exact) mass is 315 g/mol. The Balaban J connectivity index is 2.68. The zero-order chi connectivity index (χ0) is 15.0. The van der Waals surface area contributed by atoms with Crippen molar-refractivity contribution in [2.24, 2.45) is 10.8 Å². The van der Waals surface area contributed by atoms with Gasteiger partial charge in [0.2, 0.25) is 0 Å². The van der Waals surface area contributed by atoms with E-state index in [9.17, 15) is 9.59 Å². The molecule has 3 N–H and O–H groups in total. The number of primary amides is 1. The van der Waals surface area contributed by atoms with Crippen molar-refractivity contribution in [3.8, 4) is 0 Å². The zero-order valence-corrected chi connectivity index (χ0v) is 12.3. The van der Waals surface area contributed by atoms with Crippen LogP contribution in [0.15, 0.2) is 34.3 Å². The topological polar surface area (TPSA) is 93.8 Å². The predicted octanol–water partition coefficient (Wildman–Crippen LogP) is 2.02. The van der Waals surface area contributed by atoms with E-state index in [-0.39, 0.29) is 18.1 Å². The molecule has 1 rings (SSSR count). The van der Waals surface area contributed by atoms with Crippen LogP contribution in [-0.4, -0.2) is 30.1 Å². The first-order valence-electron chi connectivity index (χ1n) is 5.70. The summed E-state index contributed by atoms with van der Waals surface area (Å²) in [5.41, 5.74) is 7.00. The summed E-state index contributed by atoms with van der Waals surface area (Å²) < 4.78 is 4.85. The molecule has 108 valence electrons. The fraction of sp³-hybridized carbons (Fsp3) is 0.250. The highest BCUT2D eigenvalue weighted by atomic mass is 35.5.